The molecule has 0 spiro atoms. The molecular formula is C27H28FN5O6. The number of furan rings is 1. The summed E-state index contributed by atoms with van der Waals surface area (Å²) in [6, 6.07) is 4.53. The molecule has 6 rings (SSSR count). The summed E-state index contributed by atoms with van der Waals surface area (Å²) in [6.45, 7) is 3.38. The number of ether oxygens (including phenoxy) is 1. The second-order valence-electron chi connectivity index (χ2n) is 10.0. The van der Waals surface area contributed by atoms with Crippen LogP contribution in [0.5, 0.6) is 5.75 Å². The van der Waals surface area contributed by atoms with Gasteiger partial charge in [-0.1, -0.05) is 0 Å². The quantitative estimate of drug-likeness (QED) is 0.471. The van der Waals surface area contributed by atoms with Crippen LogP contribution >= 0.6 is 0 Å². The minimum absolute atomic E-state index is 0.00668. The number of nitrogens with one attached hydrogen (secondary N) is 1. The van der Waals surface area contributed by atoms with Gasteiger partial charge in [0, 0.05) is 51.4 Å². The first-order chi connectivity index (χ1) is 18.8. The Hall–Kier alpha value is -4.19. The Balaban J connectivity index is 1.24. The van der Waals surface area contributed by atoms with Crippen LogP contribution in [0, 0.1) is 5.82 Å². The van der Waals surface area contributed by atoms with E-state index in [1.54, 1.807) is 4.57 Å². The molecule has 3 aromatic rings. The highest BCUT2D eigenvalue weighted by Gasteiger charge is 2.32. The average Bonchev–Trinajstić information content (AvgIpc) is 3.66. The largest absolute Gasteiger partial charge is 0.492 e. The molecule has 0 bridgehead atoms. The molecule has 2 aliphatic heterocycles. The molecule has 12 heteroatoms. The van der Waals surface area contributed by atoms with Gasteiger partial charge in [0.1, 0.15) is 22.8 Å². The van der Waals surface area contributed by atoms with Crippen molar-refractivity contribution in [2.24, 2.45) is 4.99 Å². The Bertz CT molecular complexity index is 1560. The van der Waals surface area contributed by atoms with Crippen LogP contribution in [-0.4, -0.2) is 72.1 Å². The SMILES string of the molecule is COc1c(N2CCN(Cc3ccc(C4=NC(=O)NCC4)o3)CC2)c(F)cc2c(=O)c(C(=O)O)cn(C3CC3)c12. The maximum Gasteiger partial charge on any atom is 0.341 e. The lowest BCUT2D eigenvalue weighted by molar-refractivity contribution is 0.0694. The third kappa shape index (κ3) is 4.65. The number of aromatic nitrogens is 1. The van der Waals surface area contributed by atoms with Crippen molar-refractivity contribution in [3.05, 3.63) is 57.5 Å². The molecule has 2 amide bonds. The number of urea groups is 1. The minimum atomic E-state index is -1.34. The molecule has 1 saturated carbocycles. The first-order valence-corrected chi connectivity index (χ1v) is 12.9. The summed E-state index contributed by atoms with van der Waals surface area (Å²) in [4.78, 5) is 44.3. The second kappa shape index (κ2) is 9.84. The van der Waals surface area contributed by atoms with Gasteiger partial charge in [0.2, 0.25) is 5.43 Å². The average molecular weight is 538 g/mol. The van der Waals surface area contributed by atoms with Gasteiger partial charge in [0.25, 0.3) is 0 Å². The van der Waals surface area contributed by atoms with Gasteiger partial charge in [-0.15, -0.1) is 0 Å². The molecule has 1 aromatic carbocycles. The Morgan fingerprint density at radius 3 is 2.67 bits per heavy atom. The van der Waals surface area contributed by atoms with Crippen LogP contribution < -0.4 is 20.4 Å². The number of aromatic carboxylic acids is 1. The molecule has 2 N–H and O–H groups in total. The lowest BCUT2D eigenvalue weighted by atomic mass is 10.1. The van der Waals surface area contributed by atoms with E-state index in [1.165, 1.54) is 13.3 Å². The van der Waals surface area contributed by atoms with Gasteiger partial charge < -0.3 is 29.0 Å². The molecule has 2 aromatic heterocycles. The summed E-state index contributed by atoms with van der Waals surface area (Å²) in [5.74, 6) is -0.370. The zero-order chi connectivity index (χ0) is 27.3. The number of anilines is 1. The summed E-state index contributed by atoms with van der Waals surface area (Å²) in [5.41, 5.74) is 0.234. The number of carboxylic acid groups (broad SMARTS) is 1. The van der Waals surface area contributed by atoms with Crippen molar-refractivity contribution >= 4 is 34.3 Å². The van der Waals surface area contributed by atoms with Crippen molar-refractivity contribution in [2.45, 2.75) is 31.8 Å². The monoisotopic (exact) mass is 537 g/mol. The summed E-state index contributed by atoms with van der Waals surface area (Å²) >= 11 is 0. The molecule has 39 heavy (non-hydrogen) atoms. The number of methoxy groups -OCH3 is 1. The van der Waals surface area contributed by atoms with Crippen LogP contribution in [0.2, 0.25) is 0 Å². The molecule has 3 aliphatic rings. The standard InChI is InChI=1S/C27H28FN5O6/c1-38-25-22-17(24(34)18(26(35)36)14-33(22)15-2-3-15)12-19(28)23(25)32-10-8-31(9-11-32)13-16-4-5-21(39-16)20-6-7-29-27(37)30-20/h4-5,12,14-15H,2-3,6-11,13H2,1H3,(H,29,37)(H,35,36). The van der Waals surface area contributed by atoms with Crippen LogP contribution in [0.4, 0.5) is 14.9 Å². The fourth-order valence-corrected chi connectivity index (χ4v) is 5.38. The predicted octanol–water partition coefficient (Wildman–Crippen LogP) is 3.00. The fraction of sp³-hybridized carbons (Fsp3) is 0.407. The van der Waals surface area contributed by atoms with Crippen LogP contribution in [0.15, 0.2) is 38.6 Å². The number of pyridine rings is 1. The van der Waals surface area contributed by atoms with E-state index < -0.39 is 17.2 Å². The van der Waals surface area contributed by atoms with Crippen molar-refractivity contribution < 1.29 is 28.2 Å². The van der Waals surface area contributed by atoms with Crippen molar-refractivity contribution in [1.82, 2.24) is 14.8 Å². The molecule has 1 saturated heterocycles. The van der Waals surface area contributed by atoms with Gasteiger partial charge >= 0.3 is 12.0 Å². The van der Waals surface area contributed by atoms with Gasteiger partial charge in [-0.25, -0.2) is 14.0 Å². The summed E-state index contributed by atoms with van der Waals surface area (Å²) in [7, 11) is 1.44. The lowest BCUT2D eigenvalue weighted by Crippen LogP contribution is -2.46. The van der Waals surface area contributed by atoms with E-state index >= 15 is 4.39 Å². The lowest BCUT2D eigenvalue weighted by Gasteiger charge is -2.36. The number of carboxylic acids is 1. The fourth-order valence-electron chi connectivity index (χ4n) is 5.38. The van der Waals surface area contributed by atoms with E-state index in [-0.39, 0.29) is 34.5 Å². The molecule has 0 atom stereocenters. The van der Waals surface area contributed by atoms with E-state index in [0.717, 1.165) is 24.7 Å². The number of halogens is 1. The number of aliphatic imine (C=N–C) groups is 1. The number of hydrogen-bond acceptors (Lipinski definition) is 7. The molecule has 0 radical (unpaired) electrons. The maximum atomic E-state index is 15.6. The maximum absolute atomic E-state index is 15.6. The van der Waals surface area contributed by atoms with E-state index in [2.05, 4.69) is 15.2 Å². The van der Waals surface area contributed by atoms with Crippen LogP contribution in [-0.2, 0) is 6.54 Å². The second-order valence-corrected chi connectivity index (χ2v) is 10.0. The number of carbonyl (C=O) groups is 2. The molecule has 11 nitrogen and oxygen atoms in total. The smallest absolute Gasteiger partial charge is 0.341 e. The third-order valence-electron chi connectivity index (χ3n) is 7.46. The van der Waals surface area contributed by atoms with Crippen molar-refractivity contribution in [2.75, 3.05) is 44.7 Å². The minimum Gasteiger partial charge on any atom is -0.492 e. The number of amides is 2. The summed E-state index contributed by atoms with van der Waals surface area (Å²) < 4.78 is 29.0. The van der Waals surface area contributed by atoms with Gasteiger partial charge in [-0.2, -0.15) is 4.99 Å². The molecular weight excluding hydrogens is 509 g/mol. The first-order valence-electron chi connectivity index (χ1n) is 12.9. The van der Waals surface area contributed by atoms with Gasteiger partial charge in [0.05, 0.1) is 30.3 Å². The number of hydrogen-bond donors (Lipinski definition) is 2. The number of nitrogens with zero attached hydrogens (tertiary/aromatic N) is 4. The van der Waals surface area contributed by atoms with Gasteiger partial charge in [0.15, 0.2) is 11.6 Å². The first kappa shape index (κ1) is 25.1. The summed E-state index contributed by atoms with van der Waals surface area (Å²) in [6.07, 6.45) is 3.67. The number of benzene rings is 1. The Labute approximate surface area is 222 Å². The van der Waals surface area contributed by atoms with Crippen LogP contribution in [0.25, 0.3) is 10.9 Å². The highest BCUT2D eigenvalue weighted by Crippen LogP contribution is 2.43. The predicted molar refractivity (Wildman–Crippen MR) is 141 cm³/mol. The van der Waals surface area contributed by atoms with Crippen molar-refractivity contribution in [3.63, 3.8) is 0 Å². The summed E-state index contributed by atoms with van der Waals surface area (Å²) in [5, 5.41) is 12.2. The zero-order valence-electron chi connectivity index (χ0n) is 21.4. The normalized spacial score (nSPS) is 18.3. The third-order valence-corrected chi connectivity index (χ3v) is 7.46. The molecule has 4 heterocycles. The van der Waals surface area contributed by atoms with Crippen LogP contribution in [0.1, 0.15) is 47.2 Å². The van der Waals surface area contributed by atoms with Gasteiger partial charge in [-0.05, 0) is 31.0 Å². The van der Waals surface area contributed by atoms with E-state index in [9.17, 15) is 19.5 Å². The Morgan fingerprint density at radius 2 is 2.00 bits per heavy atom. The zero-order valence-corrected chi connectivity index (χ0v) is 21.4. The number of carbonyl (C=O) groups excluding carboxylic acids is 1. The topological polar surface area (TPSA) is 130 Å². The van der Waals surface area contributed by atoms with Gasteiger partial charge in [-0.3, -0.25) is 9.69 Å². The van der Waals surface area contributed by atoms with E-state index in [1.807, 2.05) is 17.0 Å². The highest BCUT2D eigenvalue weighted by atomic mass is 19.1. The number of rotatable bonds is 7. The number of fused-ring (bicyclic) bond motifs is 1. The molecule has 204 valence electrons. The van der Waals surface area contributed by atoms with Crippen molar-refractivity contribution in [3.8, 4) is 5.75 Å². The molecule has 0 unspecified atom stereocenters. The van der Waals surface area contributed by atoms with Crippen LogP contribution in [0.3, 0.4) is 0 Å². The Morgan fingerprint density at radius 1 is 1.23 bits per heavy atom. The van der Waals surface area contributed by atoms with E-state index in [4.69, 9.17) is 9.15 Å². The van der Waals surface area contributed by atoms with Crippen molar-refractivity contribution in [1.29, 1.82) is 0 Å². The highest BCUT2D eigenvalue weighted by molar-refractivity contribution is 6.06. The number of piperazine rings is 1. The molecule has 2 fully saturated rings. The molecule has 1 aliphatic carbocycles. The van der Waals surface area contributed by atoms with E-state index in [0.29, 0.717) is 62.7 Å². The Kier molecular flexibility index (Phi) is 6.34.